The Bertz CT molecular complexity index is 717. The van der Waals surface area contributed by atoms with E-state index in [9.17, 15) is 8.42 Å². The molecule has 1 N–H and O–H groups in total. The number of hydrogen-bond donors (Lipinski definition) is 1. The van der Waals surface area contributed by atoms with E-state index < -0.39 is 10.0 Å². The zero-order valence-corrected chi connectivity index (χ0v) is 12.2. The predicted molar refractivity (Wildman–Crippen MR) is 74.7 cm³/mol. The molecule has 0 saturated heterocycles. The number of benzene rings is 1. The van der Waals surface area contributed by atoms with Crippen molar-refractivity contribution in [2.45, 2.75) is 25.7 Å². The van der Waals surface area contributed by atoms with E-state index in [1.165, 1.54) is 6.20 Å². The molecule has 19 heavy (non-hydrogen) atoms. The van der Waals surface area contributed by atoms with Crippen LogP contribution in [0.3, 0.4) is 0 Å². The Balaban J connectivity index is 2.43. The molecule has 0 saturated carbocycles. The number of sulfonamides is 1. The number of nitrogens with zero attached hydrogens (tertiary/aromatic N) is 2. The third-order valence-electron chi connectivity index (χ3n) is 3.11. The number of hydrogen-bond acceptors (Lipinski definition) is 3. The van der Waals surface area contributed by atoms with Gasteiger partial charge in [-0.2, -0.15) is 5.10 Å². The highest BCUT2D eigenvalue weighted by Gasteiger charge is 2.19. The van der Waals surface area contributed by atoms with Crippen LogP contribution >= 0.6 is 0 Å². The molecular weight excluding hydrogens is 262 g/mol. The van der Waals surface area contributed by atoms with Crippen LogP contribution in [0.25, 0.3) is 0 Å². The summed E-state index contributed by atoms with van der Waals surface area (Å²) in [6.45, 7) is 5.46. The van der Waals surface area contributed by atoms with Gasteiger partial charge in [-0.15, -0.1) is 0 Å². The molecule has 0 amide bonds. The molecule has 1 aromatic heterocycles. The summed E-state index contributed by atoms with van der Waals surface area (Å²) in [5.74, 6) is 0. The predicted octanol–water partition coefficient (Wildman–Crippen LogP) is 2.15. The summed E-state index contributed by atoms with van der Waals surface area (Å²) in [6, 6.07) is 5.37. The number of aromatic nitrogens is 2. The summed E-state index contributed by atoms with van der Waals surface area (Å²) in [4.78, 5) is 0.302. The first-order chi connectivity index (χ1) is 8.81. The lowest BCUT2D eigenvalue weighted by Crippen LogP contribution is -2.15. The van der Waals surface area contributed by atoms with Crippen molar-refractivity contribution >= 4 is 15.7 Å². The van der Waals surface area contributed by atoms with Crippen molar-refractivity contribution in [3.63, 3.8) is 0 Å². The van der Waals surface area contributed by atoms with Gasteiger partial charge in [-0.05, 0) is 38.0 Å². The largest absolute Gasteiger partial charge is 0.276 e. The van der Waals surface area contributed by atoms with Crippen LogP contribution in [-0.2, 0) is 17.1 Å². The summed E-state index contributed by atoms with van der Waals surface area (Å²) in [5.41, 5.74) is 2.91. The molecule has 2 rings (SSSR count). The Kier molecular flexibility index (Phi) is 3.36. The zero-order valence-electron chi connectivity index (χ0n) is 11.4. The van der Waals surface area contributed by atoms with Crippen molar-refractivity contribution in [2.24, 2.45) is 7.05 Å². The van der Waals surface area contributed by atoms with Crippen LogP contribution in [0.4, 0.5) is 5.69 Å². The van der Waals surface area contributed by atoms with E-state index in [0.717, 1.165) is 16.8 Å². The summed E-state index contributed by atoms with van der Waals surface area (Å²) < 4.78 is 29.0. The fraction of sp³-hybridized carbons (Fsp3) is 0.308. The molecule has 1 heterocycles. The monoisotopic (exact) mass is 279 g/mol. The minimum Gasteiger partial charge on any atom is -0.276 e. The normalized spacial score (nSPS) is 11.6. The van der Waals surface area contributed by atoms with Gasteiger partial charge in [-0.25, -0.2) is 8.42 Å². The van der Waals surface area contributed by atoms with Gasteiger partial charge < -0.3 is 0 Å². The number of nitrogens with one attached hydrogen (secondary N) is 1. The number of anilines is 1. The molecule has 0 unspecified atom stereocenters. The van der Waals surface area contributed by atoms with E-state index in [-0.39, 0.29) is 0 Å². The van der Waals surface area contributed by atoms with Gasteiger partial charge in [0.1, 0.15) is 0 Å². The molecule has 0 bridgehead atoms. The highest BCUT2D eigenvalue weighted by molar-refractivity contribution is 7.92. The van der Waals surface area contributed by atoms with Crippen LogP contribution < -0.4 is 4.72 Å². The minimum absolute atomic E-state index is 0.302. The van der Waals surface area contributed by atoms with Gasteiger partial charge >= 0.3 is 0 Å². The van der Waals surface area contributed by atoms with E-state index in [0.29, 0.717) is 10.6 Å². The second-order valence-corrected chi connectivity index (χ2v) is 6.29. The zero-order chi connectivity index (χ0) is 14.2. The maximum Gasteiger partial charge on any atom is 0.262 e. The summed E-state index contributed by atoms with van der Waals surface area (Å²) in [7, 11) is -1.81. The molecule has 0 fully saturated rings. The second-order valence-electron chi connectivity index (χ2n) is 4.64. The molecule has 1 aromatic carbocycles. The van der Waals surface area contributed by atoms with Crippen molar-refractivity contribution < 1.29 is 8.42 Å². The maximum absolute atomic E-state index is 12.4. The minimum atomic E-state index is -3.58. The summed E-state index contributed by atoms with van der Waals surface area (Å²) >= 11 is 0. The third-order valence-corrected chi connectivity index (χ3v) is 4.62. The van der Waals surface area contributed by atoms with E-state index in [4.69, 9.17) is 0 Å². The third kappa shape index (κ3) is 2.63. The van der Waals surface area contributed by atoms with Crippen molar-refractivity contribution in [3.05, 3.63) is 41.2 Å². The van der Waals surface area contributed by atoms with E-state index >= 15 is 0 Å². The van der Waals surface area contributed by atoms with Crippen LogP contribution in [0, 0.1) is 20.8 Å². The highest BCUT2D eigenvalue weighted by atomic mass is 32.2. The molecule has 102 valence electrons. The molecule has 2 aromatic rings. The first kappa shape index (κ1) is 13.6. The first-order valence-electron chi connectivity index (χ1n) is 5.90. The molecule has 0 radical (unpaired) electrons. The molecule has 0 aliphatic rings. The van der Waals surface area contributed by atoms with E-state index in [1.807, 2.05) is 19.9 Å². The molecule has 5 nitrogen and oxygen atoms in total. The van der Waals surface area contributed by atoms with Gasteiger partial charge in [0.05, 0.1) is 22.5 Å². The van der Waals surface area contributed by atoms with Crippen LogP contribution in [0.1, 0.15) is 16.8 Å². The lowest BCUT2D eigenvalue weighted by atomic mass is 10.2. The standard InChI is InChI=1S/C13H17N3O2S/c1-9-5-6-10(2)13(7-9)19(17,18)15-12-8-14-16(4)11(12)3/h5-8,15H,1-4H3. The lowest BCUT2D eigenvalue weighted by molar-refractivity contribution is 0.600. The molecule has 0 spiro atoms. The second kappa shape index (κ2) is 4.70. The van der Waals surface area contributed by atoms with Crippen molar-refractivity contribution in [2.75, 3.05) is 4.72 Å². The Labute approximate surface area is 113 Å². The van der Waals surface area contributed by atoms with Crippen LogP contribution in [0.5, 0.6) is 0 Å². The fourth-order valence-electron chi connectivity index (χ4n) is 1.80. The lowest BCUT2D eigenvalue weighted by Gasteiger charge is -2.10. The van der Waals surface area contributed by atoms with Crippen LogP contribution in [0.15, 0.2) is 29.3 Å². The molecule has 0 atom stereocenters. The molecular formula is C13H17N3O2S. The quantitative estimate of drug-likeness (QED) is 0.936. The van der Waals surface area contributed by atoms with Crippen molar-refractivity contribution in [1.29, 1.82) is 0 Å². The first-order valence-corrected chi connectivity index (χ1v) is 7.38. The van der Waals surface area contributed by atoms with Gasteiger partial charge in [0, 0.05) is 7.05 Å². The van der Waals surface area contributed by atoms with Gasteiger partial charge in [0.15, 0.2) is 0 Å². The van der Waals surface area contributed by atoms with Gasteiger partial charge in [-0.1, -0.05) is 12.1 Å². The Morgan fingerprint density at radius 3 is 2.47 bits per heavy atom. The van der Waals surface area contributed by atoms with Gasteiger partial charge in [0.25, 0.3) is 10.0 Å². The summed E-state index contributed by atoms with van der Waals surface area (Å²) in [6.07, 6.45) is 1.51. The van der Waals surface area contributed by atoms with E-state index in [2.05, 4.69) is 9.82 Å². The van der Waals surface area contributed by atoms with Crippen LogP contribution in [0.2, 0.25) is 0 Å². The Hall–Kier alpha value is -1.82. The average Bonchev–Trinajstić information content (AvgIpc) is 2.63. The maximum atomic E-state index is 12.4. The van der Waals surface area contributed by atoms with Crippen LogP contribution in [-0.4, -0.2) is 18.2 Å². The molecule has 0 aliphatic carbocycles. The number of rotatable bonds is 3. The fourth-order valence-corrected chi connectivity index (χ4v) is 3.23. The van der Waals surface area contributed by atoms with Crippen molar-refractivity contribution in [1.82, 2.24) is 9.78 Å². The topological polar surface area (TPSA) is 64.0 Å². The SMILES string of the molecule is Cc1ccc(C)c(S(=O)(=O)Nc2cnn(C)c2C)c1. The number of aryl methyl sites for hydroxylation is 3. The average molecular weight is 279 g/mol. The Morgan fingerprint density at radius 2 is 1.89 bits per heavy atom. The molecule has 0 aliphatic heterocycles. The van der Waals surface area contributed by atoms with Crippen molar-refractivity contribution in [3.8, 4) is 0 Å². The van der Waals surface area contributed by atoms with Gasteiger partial charge in [0.2, 0.25) is 0 Å². The van der Waals surface area contributed by atoms with Gasteiger partial charge in [-0.3, -0.25) is 9.40 Å². The molecule has 6 heteroatoms. The van der Waals surface area contributed by atoms with E-state index in [1.54, 1.807) is 30.8 Å². The smallest absolute Gasteiger partial charge is 0.262 e. The highest BCUT2D eigenvalue weighted by Crippen LogP contribution is 2.22. The Morgan fingerprint density at radius 1 is 1.21 bits per heavy atom. The summed E-state index contributed by atoms with van der Waals surface area (Å²) in [5, 5.41) is 4.02.